The number of piperazine rings is 1. The van der Waals surface area contributed by atoms with Gasteiger partial charge in [0, 0.05) is 45.5 Å². The number of ether oxygens (including phenoxy) is 3. The number of nitrogens with zero attached hydrogens (tertiary/aromatic N) is 7. The number of carbonyl (C=O) groups excluding carboxylic acids is 1. The molecule has 0 unspecified atom stereocenters. The Balaban J connectivity index is 1.37. The van der Waals surface area contributed by atoms with E-state index in [-0.39, 0.29) is 17.8 Å². The van der Waals surface area contributed by atoms with Gasteiger partial charge in [0.2, 0.25) is 0 Å². The summed E-state index contributed by atoms with van der Waals surface area (Å²) in [5.74, 6) is 0.765. The highest BCUT2D eigenvalue weighted by atomic mass is 16.5. The van der Waals surface area contributed by atoms with Crippen molar-refractivity contribution in [3.63, 3.8) is 0 Å². The molecule has 0 atom stereocenters. The third-order valence-corrected chi connectivity index (χ3v) is 6.53. The maximum atomic E-state index is 12.3. The van der Waals surface area contributed by atoms with Crippen molar-refractivity contribution in [2.24, 2.45) is 0 Å². The molecule has 3 aromatic heterocycles. The molecule has 38 heavy (non-hydrogen) atoms. The monoisotopic (exact) mass is 526 g/mol. The van der Waals surface area contributed by atoms with Gasteiger partial charge >= 0.3 is 12.0 Å². The lowest BCUT2D eigenvalue weighted by Gasteiger charge is -2.35. The summed E-state index contributed by atoms with van der Waals surface area (Å²) in [5, 5.41) is 0. The van der Waals surface area contributed by atoms with Crippen molar-refractivity contribution < 1.29 is 19.0 Å². The topological polar surface area (TPSA) is 134 Å². The van der Waals surface area contributed by atoms with Crippen molar-refractivity contribution in [3.05, 3.63) is 23.9 Å². The van der Waals surface area contributed by atoms with Crippen LogP contribution in [-0.2, 0) is 11.3 Å². The molecule has 206 valence electrons. The third kappa shape index (κ3) is 6.60. The first-order valence-corrected chi connectivity index (χ1v) is 13.3. The van der Waals surface area contributed by atoms with Gasteiger partial charge in [-0.1, -0.05) is 26.7 Å². The quantitative estimate of drug-likeness (QED) is 0.260. The predicted molar refractivity (Wildman–Crippen MR) is 145 cm³/mol. The van der Waals surface area contributed by atoms with E-state index >= 15 is 0 Å². The summed E-state index contributed by atoms with van der Waals surface area (Å²) < 4.78 is 18.5. The fraction of sp³-hybridized carbons (Fsp3) is 0.577. The number of hydrogen-bond donors (Lipinski definition) is 1. The first-order chi connectivity index (χ1) is 18.5. The van der Waals surface area contributed by atoms with Crippen molar-refractivity contribution in [2.75, 3.05) is 63.7 Å². The van der Waals surface area contributed by atoms with Crippen LogP contribution in [0.2, 0.25) is 0 Å². The molecule has 1 fully saturated rings. The highest BCUT2D eigenvalue weighted by molar-refractivity contribution is 5.90. The minimum absolute atomic E-state index is 0.254. The molecule has 1 aliphatic heterocycles. The maximum absolute atomic E-state index is 12.3. The molecular formula is C26H38N8O4. The molecular weight excluding hydrogens is 488 g/mol. The van der Waals surface area contributed by atoms with Gasteiger partial charge in [0.15, 0.2) is 17.0 Å². The van der Waals surface area contributed by atoms with Gasteiger partial charge in [-0.3, -0.25) is 9.47 Å². The first kappa shape index (κ1) is 27.4. The van der Waals surface area contributed by atoms with Gasteiger partial charge in [-0.25, -0.2) is 9.78 Å². The van der Waals surface area contributed by atoms with Crippen LogP contribution in [0.5, 0.6) is 12.0 Å². The number of nitrogens with two attached hydrogens (primary N) is 1. The van der Waals surface area contributed by atoms with E-state index in [1.165, 1.54) is 0 Å². The molecule has 0 aliphatic carbocycles. The Morgan fingerprint density at radius 2 is 1.79 bits per heavy atom. The van der Waals surface area contributed by atoms with E-state index in [9.17, 15) is 4.79 Å². The second-order valence-electron chi connectivity index (χ2n) is 9.24. The van der Waals surface area contributed by atoms with E-state index in [4.69, 9.17) is 19.9 Å². The van der Waals surface area contributed by atoms with Gasteiger partial charge < -0.3 is 24.8 Å². The van der Waals surface area contributed by atoms with Crippen molar-refractivity contribution in [1.29, 1.82) is 0 Å². The molecule has 12 heteroatoms. The highest BCUT2D eigenvalue weighted by Crippen LogP contribution is 2.25. The Bertz CT molecular complexity index is 1210. The number of unbranched alkanes of at least 4 members (excludes halogenated alkanes) is 2. The van der Waals surface area contributed by atoms with Crippen molar-refractivity contribution >= 4 is 28.8 Å². The van der Waals surface area contributed by atoms with Crippen LogP contribution in [0.15, 0.2) is 18.3 Å². The van der Waals surface area contributed by atoms with Crippen LogP contribution in [0.4, 0.5) is 11.6 Å². The standard InChI is InChI=1S/C26H38N8O4/c1-4-6-16-37-24(35)19-8-9-28-20(18-19)33-13-10-32(11-14-33)12-15-34-23-21(29-26(34)36-3)22(27)30-25(31-23)38-17-7-5-2/h8-9,18H,4-7,10-17H2,1-3H3,(H2,27,30,31). The summed E-state index contributed by atoms with van der Waals surface area (Å²) >= 11 is 0. The highest BCUT2D eigenvalue weighted by Gasteiger charge is 2.22. The molecule has 12 nitrogen and oxygen atoms in total. The van der Waals surface area contributed by atoms with Crippen LogP contribution in [0.25, 0.3) is 11.2 Å². The van der Waals surface area contributed by atoms with E-state index in [1.54, 1.807) is 19.4 Å². The molecule has 1 aliphatic rings. The molecule has 4 heterocycles. The first-order valence-electron chi connectivity index (χ1n) is 13.3. The van der Waals surface area contributed by atoms with Gasteiger partial charge in [-0.05, 0) is 25.0 Å². The smallest absolute Gasteiger partial charge is 0.338 e. The van der Waals surface area contributed by atoms with E-state index in [1.807, 2.05) is 10.6 Å². The molecule has 0 aromatic carbocycles. The molecule has 0 amide bonds. The number of aromatic nitrogens is 5. The Kier molecular flexibility index (Phi) is 9.52. The number of pyridine rings is 1. The SMILES string of the molecule is CCCCOC(=O)c1ccnc(N2CCN(CCn3c(OC)nc4c(N)nc(OCCCC)nc43)CC2)c1. The molecule has 2 N–H and O–H groups in total. The van der Waals surface area contributed by atoms with Gasteiger partial charge in [0.05, 0.1) is 25.9 Å². The Hall–Kier alpha value is -3.67. The lowest BCUT2D eigenvalue weighted by Crippen LogP contribution is -2.47. The van der Waals surface area contributed by atoms with Crippen LogP contribution >= 0.6 is 0 Å². The second kappa shape index (κ2) is 13.2. The zero-order valence-electron chi connectivity index (χ0n) is 22.6. The van der Waals surface area contributed by atoms with Crippen LogP contribution in [0.3, 0.4) is 0 Å². The van der Waals surface area contributed by atoms with Crippen LogP contribution < -0.4 is 20.1 Å². The minimum atomic E-state index is -0.300. The van der Waals surface area contributed by atoms with Gasteiger partial charge in [-0.2, -0.15) is 15.0 Å². The molecule has 4 rings (SSSR count). The number of esters is 1. The summed E-state index contributed by atoms with van der Waals surface area (Å²) in [5.41, 5.74) is 7.80. The van der Waals surface area contributed by atoms with E-state index in [0.717, 1.165) is 64.2 Å². The molecule has 0 radical (unpaired) electrons. The largest absolute Gasteiger partial charge is 0.468 e. The van der Waals surface area contributed by atoms with Gasteiger partial charge in [-0.15, -0.1) is 0 Å². The number of nitrogen functional groups attached to an aromatic ring is 1. The Morgan fingerprint density at radius 1 is 1.03 bits per heavy atom. The fourth-order valence-electron chi connectivity index (χ4n) is 4.26. The van der Waals surface area contributed by atoms with Crippen molar-refractivity contribution in [1.82, 2.24) is 29.4 Å². The molecule has 0 spiro atoms. The summed E-state index contributed by atoms with van der Waals surface area (Å²) in [6.45, 7) is 9.85. The Morgan fingerprint density at radius 3 is 2.53 bits per heavy atom. The predicted octanol–water partition coefficient (Wildman–Crippen LogP) is 2.77. The molecule has 0 saturated carbocycles. The zero-order chi connectivity index (χ0) is 26.9. The number of fused-ring (bicyclic) bond motifs is 1. The lowest BCUT2D eigenvalue weighted by molar-refractivity contribution is 0.0499. The Labute approximate surface area is 223 Å². The van der Waals surface area contributed by atoms with Crippen LogP contribution in [0.1, 0.15) is 49.9 Å². The van der Waals surface area contributed by atoms with Gasteiger partial charge in [0.25, 0.3) is 6.01 Å². The number of methoxy groups -OCH3 is 1. The number of hydrogen-bond acceptors (Lipinski definition) is 11. The van der Waals surface area contributed by atoms with Crippen LogP contribution in [0, 0.1) is 0 Å². The normalized spacial score (nSPS) is 14.1. The summed E-state index contributed by atoms with van der Waals surface area (Å²) in [6.07, 6.45) is 5.45. The fourth-order valence-corrected chi connectivity index (χ4v) is 4.26. The minimum Gasteiger partial charge on any atom is -0.468 e. The summed E-state index contributed by atoms with van der Waals surface area (Å²) in [6, 6.07) is 4.21. The second-order valence-corrected chi connectivity index (χ2v) is 9.24. The number of imidazole rings is 1. The van der Waals surface area contributed by atoms with E-state index < -0.39 is 0 Å². The number of anilines is 2. The van der Waals surface area contributed by atoms with Crippen molar-refractivity contribution in [3.8, 4) is 12.0 Å². The third-order valence-electron chi connectivity index (χ3n) is 6.53. The zero-order valence-corrected chi connectivity index (χ0v) is 22.6. The lowest BCUT2D eigenvalue weighted by atomic mass is 10.2. The average Bonchev–Trinajstić information content (AvgIpc) is 3.30. The average molecular weight is 527 g/mol. The molecule has 3 aromatic rings. The van der Waals surface area contributed by atoms with E-state index in [2.05, 4.69) is 43.6 Å². The van der Waals surface area contributed by atoms with Gasteiger partial charge in [0.1, 0.15) is 5.82 Å². The van der Waals surface area contributed by atoms with Crippen molar-refractivity contribution in [2.45, 2.75) is 46.1 Å². The molecule has 1 saturated heterocycles. The summed E-state index contributed by atoms with van der Waals surface area (Å²) in [4.78, 5) is 34.7. The maximum Gasteiger partial charge on any atom is 0.338 e. The number of rotatable bonds is 13. The van der Waals surface area contributed by atoms with Crippen LogP contribution in [-0.4, -0.2) is 88.4 Å². The van der Waals surface area contributed by atoms with E-state index in [0.29, 0.717) is 42.5 Å². The number of carbonyl (C=O) groups is 1. The summed E-state index contributed by atoms with van der Waals surface area (Å²) in [7, 11) is 1.58. The molecule has 0 bridgehead atoms.